The van der Waals surface area contributed by atoms with Crippen molar-refractivity contribution in [2.45, 2.75) is 32.9 Å². The molecule has 1 atom stereocenters. The number of hydrogen-bond acceptors (Lipinski definition) is 4. The largest absolute Gasteiger partial charge is 0.369 e. The molecule has 3 heterocycles. The van der Waals surface area contributed by atoms with E-state index in [1.165, 1.54) is 12.0 Å². The predicted octanol–water partition coefficient (Wildman–Crippen LogP) is 3.31. The standard InChI is InChI=1S/C16H21N3S/c1-12-4-3-5-16(18-12)17-10-13(2)19-8-6-15-14(11-19)7-9-20-15/h3-5,7,9,13H,6,8,10-11H2,1-2H3,(H,17,18). The van der Waals surface area contributed by atoms with Gasteiger partial charge in [0.2, 0.25) is 0 Å². The van der Waals surface area contributed by atoms with Gasteiger partial charge in [-0.1, -0.05) is 6.07 Å². The highest BCUT2D eigenvalue weighted by Crippen LogP contribution is 2.25. The van der Waals surface area contributed by atoms with Gasteiger partial charge >= 0.3 is 0 Å². The molecule has 1 unspecified atom stereocenters. The Kier molecular flexibility index (Phi) is 4.03. The quantitative estimate of drug-likeness (QED) is 0.935. The van der Waals surface area contributed by atoms with E-state index in [-0.39, 0.29) is 0 Å². The maximum absolute atomic E-state index is 4.49. The molecule has 0 aliphatic carbocycles. The molecule has 3 nitrogen and oxygen atoms in total. The maximum atomic E-state index is 4.49. The number of fused-ring (bicyclic) bond motifs is 1. The lowest BCUT2D eigenvalue weighted by molar-refractivity contribution is 0.200. The molecule has 4 heteroatoms. The molecule has 1 N–H and O–H groups in total. The minimum absolute atomic E-state index is 0.519. The Balaban J connectivity index is 1.56. The summed E-state index contributed by atoms with van der Waals surface area (Å²) in [6.07, 6.45) is 1.19. The van der Waals surface area contributed by atoms with Crippen LogP contribution >= 0.6 is 11.3 Å². The lowest BCUT2D eigenvalue weighted by atomic mass is 10.1. The lowest BCUT2D eigenvalue weighted by Crippen LogP contribution is -2.40. The van der Waals surface area contributed by atoms with E-state index >= 15 is 0 Å². The molecule has 0 radical (unpaired) electrons. The van der Waals surface area contributed by atoms with Crippen LogP contribution in [-0.2, 0) is 13.0 Å². The summed E-state index contributed by atoms with van der Waals surface area (Å²) in [5.74, 6) is 0.977. The number of rotatable bonds is 4. The molecule has 3 rings (SSSR count). The third-order valence-corrected chi connectivity index (χ3v) is 4.95. The molecular formula is C16H21N3S. The molecule has 1 aliphatic heterocycles. The normalized spacial score (nSPS) is 16.7. The first-order chi connectivity index (χ1) is 9.72. The van der Waals surface area contributed by atoms with Crippen LogP contribution in [0.15, 0.2) is 29.6 Å². The van der Waals surface area contributed by atoms with Crippen LogP contribution in [0.5, 0.6) is 0 Å². The minimum Gasteiger partial charge on any atom is -0.369 e. The van der Waals surface area contributed by atoms with E-state index in [0.29, 0.717) is 6.04 Å². The van der Waals surface area contributed by atoms with Gasteiger partial charge in [0.25, 0.3) is 0 Å². The molecule has 0 saturated heterocycles. The van der Waals surface area contributed by atoms with Crippen LogP contribution in [-0.4, -0.2) is 29.0 Å². The summed E-state index contributed by atoms with van der Waals surface area (Å²) < 4.78 is 0. The highest BCUT2D eigenvalue weighted by molar-refractivity contribution is 7.10. The van der Waals surface area contributed by atoms with Gasteiger partial charge in [-0.15, -0.1) is 11.3 Å². The van der Waals surface area contributed by atoms with Gasteiger partial charge < -0.3 is 5.32 Å². The maximum Gasteiger partial charge on any atom is 0.126 e. The zero-order valence-corrected chi connectivity index (χ0v) is 12.9. The average molecular weight is 287 g/mol. The van der Waals surface area contributed by atoms with E-state index in [2.05, 4.69) is 33.6 Å². The van der Waals surface area contributed by atoms with Crippen LogP contribution in [0.25, 0.3) is 0 Å². The minimum atomic E-state index is 0.519. The summed E-state index contributed by atoms with van der Waals surface area (Å²) in [7, 11) is 0. The summed E-state index contributed by atoms with van der Waals surface area (Å²) in [6.45, 7) is 7.51. The van der Waals surface area contributed by atoms with Gasteiger partial charge in [-0.25, -0.2) is 4.98 Å². The molecule has 2 aromatic rings. The fourth-order valence-corrected chi connectivity index (χ4v) is 3.56. The first-order valence-corrected chi connectivity index (χ1v) is 8.07. The van der Waals surface area contributed by atoms with Crippen molar-refractivity contribution in [2.75, 3.05) is 18.4 Å². The average Bonchev–Trinajstić information content (AvgIpc) is 2.92. The van der Waals surface area contributed by atoms with Gasteiger partial charge in [0.15, 0.2) is 0 Å². The first-order valence-electron chi connectivity index (χ1n) is 7.19. The summed E-state index contributed by atoms with van der Waals surface area (Å²) in [6, 6.07) is 8.90. The zero-order chi connectivity index (χ0) is 13.9. The molecule has 0 amide bonds. The van der Waals surface area contributed by atoms with Crippen LogP contribution in [0.3, 0.4) is 0 Å². The molecule has 106 valence electrons. The van der Waals surface area contributed by atoms with Gasteiger partial charge in [0, 0.05) is 36.2 Å². The highest BCUT2D eigenvalue weighted by Gasteiger charge is 2.21. The van der Waals surface area contributed by atoms with Gasteiger partial charge in [-0.05, 0) is 49.4 Å². The number of aromatic nitrogens is 1. The van der Waals surface area contributed by atoms with Gasteiger partial charge in [0.1, 0.15) is 5.82 Å². The summed E-state index contributed by atoms with van der Waals surface area (Å²) in [5, 5.41) is 5.67. The number of nitrogens with zero attached hydrogens (tertiary/aromatic N) is 2. The second-order valence-electron chi connectivity index (χ2n) is 5.48. The Hall–Kier alpha value is -1.39. The number of aryl methyl sites for hydroxylation is 1. The number of nitrogens with one attached hydrogen (secondary N) is 1. The van der Waals surface area contributed by atoms with Crippen LogP contribution in [0, 0.1) is 6.92 Å². The number of anilines is 1. The molecule has 20 heavy (non-hydrogen) atoms. The predicted molar refractivity (Wildman–Crippen MR) is 85.4 cm³/mol. The van der Waals surface area contributed by atoms with E-state index < -0.39 is 0 Å². The molecule has 0 spiro atoms. The zero-order valence-electron chi connectivity index (χ0n) is 12.1. The summed E-state index contributed by atoms with van der Waals surface area (Å²) in [4.78, 5) is 8.61. The van der Waals surface area contributed by atoms with E-state index in [9.17, 15) is 0 Å². The van der Waals surface area contributed by atoms with E-state index in [4.69, 9.17) is 0 Å². The SMILES string of the molecule is Cc1cccc(NCC(C)N2CCc3sccc3C2)n1. The Morgan fingerprint density at radius 1 is 1.40 bits per heavy atom. The Morgan fingerprint density at radius 3 is 3.15 bits per heavy atom. The van der Waals surface area contributed by atoms with Crippen LogP contribution < -0.4 is 5.32 Å². The highest BCUT2D eigenvalue weighted by atomic mass is 32.1. The van der Waals surface area contributed by atoms with Crippen molar-refractivity contribution in [1.29, 1.82) is 0 Å². The van der Waals surface area contributed by atoms with E-state index in [1.54, 1.807) is 4.88 Å². The molecule has 0 fully saturated rings. The molecule has 1 aliphatic rings. The molecule has 0 bridgehead atoms. The van der Waals surface area contributed by atoms with E-state index in [0.717, 1.165) is 31.1 Å². The fraction of sp³-hybridized carbons (Fsp3) is 0.438. The molecule has 0 aromatic carbocycles. The summed E-state index contributed by atoms with van der Waals surface area (Å²) in [5.41, 5.74) is 2.57. The van der Waals surface area contributed by atoms with Crippen molar-refractivity contribution in [3.05, 3.63) is 45.8 Å². The number of thiophene rings is 1. The first kappa shape index (κ1) is 13.6. The molecule has 0 saturated carbocycles. The Labute approximate surface area is 124 Å². The molecule has 2 aromatic heterocycles. The van der Waals surface area contributed by atoms with Crippen molar-refractivity contribution in [1.82, 2.24) is 9.88 Å². The second kappa shape index (κ2) is 5.94. The van der Waals surface area contributed by atoms with Gasteiger partial charge in [-0.3, -0.25) is 4.90 Å². The monoisotopic (exact) mass is 287 g/mol. The van der Waals surface area contributed by atoms with Crippen molar-refractivity contribution in [3.8, 4) is 0 Å². The Bertz CT molecular complexity index is 579. The number of pyridine rings is 1. The third-order valence-electron chi connectivity index (χ3n) is 3.93. The Morgan fingerprint density at radius 2 is 2.30 bits per heavy atom. The van der Waals surface area contributed by atoms with Crippen LogP contribution in [0.4, 0.5) is 5.82 Å². The topological polar surface area (TPSA) is 28.2 Å². The van der Waals surface area contributed by atoms with Crippen molar-refractivity contribution >= 4 is 17.2 Å². The van der Waals surface area contributed by atoms with Gasteiger partial charge in [-0.2, -0.15) is 0 Å². The smallest absolute Gasteiger partial charge is 0.126 e. The summed E-state index contributed by atoms with van der Waals surface area (Å²) >= 11 is 1.90. The van der Waals surface area contributed by atoms with Crippen molar-refractivity contribution in [2.24, 2.45) is 0 Å². The molecular weight excluding hydrogens is 266 g/mol. The van der Waals surface area contributed by atoms with Crippen molar-refractivity contribution in [3.63, 3.8) is 0 Å². The van der Waals surface area contributed by atoms with Crippen LogP contribution in [0.1, 0.15) is 23.1 Å². The van der Waals surface area contributed by atoms with E-state index in [1.807, 2.05) is 36.5 Å². The van der Waals surface area contributed by atoms with Crippen LogP contribution in [0.2, 0.25) is 0 Å². The lowest BCUT2D eigenvalue weighted by Gasteiger charge is -2.32. The third kappa shape index (κ3) is 3.02. The fourth-order valence-electron chi connectivity index (χ4n) is 2.67. The second-order valence-corrected chi connectivity index (χ2v) is 6.48. The van der Waals surface area contributed by atoms with Gasteiger partial charge in [0.05, 0.1) is 0 Å². The number of hydrogen-bond donors (Lipinski definition) is 1. The van der Waals surface area contributed by atoms with Crippen molar-refractivity contribution < 1.29 is 0 Å².